The molecule has 8 nitrogen and oxygen atoms in total. The van der Waals surface area contributed by atoms with Crippen molar-refractivity contribution in [3.63, 3.8) is 0 Å². The molecule has 3 aromatic rings. The molecule has 0 radical (unpaired) electrons. The number of hydrogen-bond donors (Lipinski definition) is 3. The Labute approximate surface area is 225 Å². The fraction of sp³-hybridized carbons (Fsp3) is 0.333. The Morgan fingerprint density at radius 2 is 1.89 bits per heavy atom. The Morgan fingerprint density at radius 1 is 1.14 bits per heavy atom. The van der Waals surface area contributed by atoms with E-state index in [1.165, 1.54) is 12.3 Å². The molecule has 1 saturated heterocycles. The number of hydrogen-bond acceptors (Lipinski definition) is 7. The smallest absolute Gasteiger partial charge is 0.354 e. The van der Waals surface area contributed by atoms with Crippen LogP contribution in [-0.2, 0) is 5.60 Å². The Bertz CT molecular complexity index is 1220. The Kier molecular flexibility index (Phi) is 8.56. The Hall–Kier alpha value is -2.88. The van der Waals surface area contributed by atoms with Gasteiger partial charge in [0.05, 0.1) is 23.4 Å². The third-order valence-electron chi connectivity index (χ3n) is 6.44. The number of ether oxygens (including phenoxy) is 1. The number of carboxylic acid groups (broad SMARTS) is 1. The maximum Gasteiger partial charge on any atom is 0.354 e. The number of anilines is 1. The summed E-state index contributed by atoms with van der Waals surface area (Å²) < 4.78 is 5.50. The van der Waals surface area contributed by atoms with Gasteiger partial charge in [-0.05, 0) is 42.8 Å². The number of aromatic nitrogens is 1. The van der Waals surface area contributed by atoms with Crippen LogP contribution < -0.4 is 9.64 Å². The minimum absolute atomic E-state index is 0.0689. The monoisotopic (exact) mass is 545 g/mol. The van der Waals surface area contributed by atoms with Crippen LogP contribution in [0.25, 0.3) is 0 Å². The van der Waals surface area contributed by atoms with E-state index in [2.05, 4.69) is 14.8 Å². The lowest BCUT2D eigenvalue weighted by Crippen LogP contribution is -2.52. The molecular weight excluding hydrogens is 517 g/mol. The highest BCUT2D eigenvalue weighted by Crippen LogP contribution is 2.38. The van der Waals surface area contributed by atoms with Crippen molar-refractivity contribution < 1.29 is 24.9 Å². The van der Waals surface area contributed by atoms with Crippen LogP contribution in [0.15, 0.2) is 60.8 Å². The molecule has 196 valence electrons. The standard InChI is InChI=1S/C27H29Cl2N3O5/c1-27(36,19-4-8-23(26(34)35)30-15-19)17-31-10-11-32(25(16-31)18-2-5-20(28)6-3-18)24-9-7-21(14-22(24)29)37-13-12-33/h2-9,14-15,25,33,36H,10-13,16-17H2,1H3,(H,34,35)/t25-,27+/m0/s1. The number of aliphatic hydroxyl groups excluding tert-OH is 1. The molecule has 0 bridgehead atoms. The molecule has 0 spiro atoms. The topological polar surface area (TPSA) is 106 Å². The lowest BCUT2D eigenvalue weighted by Gasteiger charge is -2.45. The van der Waals surface area contributed by atoms with Gasteiger partial charge < -0.3 is 25.0 Å². The van der Waals surface area contributed by atoms with Gasteiger partial charge in [-0.25, -0.2) is 9.78 Å². The van der Waals surface area contributed by atoms with Crippen molar-refractivity contribution in [1.82, 2.24) is 9.88 Å². The average Bonchev–Trinajstić information content (AvgIpc) is 2.88. The number of pyridine rings is 1. The summed E-state index contributed by atoms with van der Waals surface area (Å²) in [5.41, 5.74) is 1.15. The van der Waals surface area contributed by atoms with E-state index in [-0.39, 0.29) is 24.9 Å². The number of rotatable bonds is 9. The second-order valence-corrected chi connectivity index (χ2v) is 10.0. The fourth-order valence-corrected chi connectivity index (χ4v) is 4.99. The normalized spacial score (nSPS) is 17.9. The molecule has 37 heavy (non-hydrogen) atoms. The molecule has 0 unspecified atom stereocenters. The van der Waals surface area contributed by atoms with Gasteiger partial charge in [0, 0.05) is 49.0 Å². The van der Waals surface area contributed by atoms with Crippen LogP contribution in [0.3, 0.4) is 0 Å². The minimum atomic E-state index is -1.24. The lowest BCUT2D eigenvalue weighted by atomic mass is 9.94. The Morgan fingerprint density at radius 3 is 2.51 bits per heavy atom. The minimum Gasteiger partial charge on any atom is -0.491 e. The van der Waals surface area contributed by atoms with Gasteiger partial charge in [0.2, 0.25) is 0 Å². The summed E-state index contributed by atoms with van der Waals surface area (Å²) in [5, 5.41) is 30.6. The molecule has 0 aliphatic carbocycles. The van der Waals surface area contributed by atoms with Crippen LogP contribution in [-0.4, -0.2) is 70.6 Å². The third-order valence-corrected chi connectivity index (χ3v) is 7.00. The molecule has 0 amide bonds. The second kappa shape index (κ2) is 11.7. The van der Waals surface area contributed by atoms with Crippen molar-refractivity contribution in [2.75, 3.05) is 44.3 Å². The summed E-state index contributed by atoms with van der Waals surface area (Å²) in [6.07, 6.45) is 1.41. The van der Waals surface area contributed by atoms with Gasteiger partial charge in [0.25, 0.3) is 0 Å². The van der Waals surface area contributed by atoms with E-state index in [4.69, 9.17) is 38.2 Å². The summed E-state index contributed by atoms with van der Waals surface area (Å²) in [4.78, 5) is 19.5. The first-order valence-corrected chi connectivity index (χ1v) is 12.6. The lowest BCUT2D eigenvalue weighted by molar-refractivity contribution is 0.00994. The molecule has 1 aliphatic heterocycles. The summed E-state index contributed by atoms with van der Waals surface area (Å²) in [5.74, 6) is -0.525. The fourth-order valence-electron chi connectivity index (χ4n) is 4.58. The van der Waals surface area contributed by atoms with E-state index in [0.29, 0.717) is 47.5 Å². The van der Waals surface area contributed by atoms with Crippen molar-refractivity contribution in [1.29, 1.82) is 0 Å². The number of benzene rings is 2. The molecule has 2 aromatic carbocycles. The number of β-amino-alcohol motifs (C(OH)–C–C–N with tert-alkyl or cyclic N) is 1. The third kappa shape index (κ3) is 6.52. The van der Waals surface area contributed by atoms with Crippen LogP contribution in [0.1, 0.15) is 34.6 Å². The second-order valence-electron chi connectivity index (χ2n) is 9.19. The van der Waals surface area contributed by atoms with E-state index in [1.807, 2.05) is 36.4 Å². The van der Waals surface area contributed by atoms with E-state index < -0.39 is 11.6 Å². The molecule has 10 heteroatoms. The van der Waals surface area contributed by atoms with Gasteiger partial charge in [-0.15, -0.1) is 0 Å². The maximum absolute atomic E-state index is 11.3. The zero-order valence-corrected chi connectivity index (χ0v) is 21.9. The van der Waals surface area contributed by atoms with Gasteiger partial charge in [-0.3, -0.25) is 4.90 Å². The molecule has 1 aromatic heterocycles. The van der Waals surface area contributed by atoms with Crippen LogP contribution in [0.2, 0.25) is 10.0 Å². The first-order valence-electron chi connectivity index (χ1n) is 11.9. The van der Waals surface area contributed by atoms with Crippen molar-refractivity contribution in [2.45, 2.75) is 18.6 Å². The van der Waals surface area contributed by atoms with Crippen molar-refractivity contribution >= 4 is 34.9 Å². The van der Waals surface area contributed by atoms with E-state index in [1.54, 1.807) is 19.1 Å². The van der Waals surface area contributed by atoms with Gasteiger partial charge in [0.15, 0.2) is 0 Å². The molecule has 3 N–H and O–H groups in total. The predicted octanol–water partition coefficient (Wildman–Crippen LogP) is 4.23. The van der Waals surface area contributed by atoms with Crippen LogP contribution in [0.4, 0.5) is 5.69 Å². The van der Waals surface area contributed by atoms with Gasteiger partial charge >= 0.3 is 5.97 Å². The van der Waals surface area contributed by atoms with E-state index >= 15 is 0 Å². The molecule has 4 rings (SSSR count). The summed E-state index contributed by atoms with van der Waals surface area (Å²) in [6, 6.07) is 16.1. The number of nitrogens with zero attached hydrogens (tertiary/aromatic N) is 3. The first kappa shape index (κ1) is 27.2. The van der Waals surface area contributed by atoms with Gasteiger partial charge in [-0.1, -0.05) is 41.4 Å². The number of halogens is 2. The molecule has 1 aliphatic rings. The molecule has 0 saturated carbocycles. The highest BCUT2D eigenvalue weighted by atomic mass is 35.5. The summed E-state index contributed by atoms with van der Waals surface area (Å²) >= 11 is 12.8. The number of piperazine rings is 1. The molecular formula is C27H29Cl2N3O5. The first-order chi connectivity index (χ1) is 17.7. The van der Waals surface area contributed by atoms with Gasteiger partial charge in [-0.2, -0.15) is 0 Å². The molecule has 2 heterocycles. The summed E-state index contributed by atoms with van der Waals surface area (Å²) in [6.45, 7) is 4.07. The average molecular weight is 546 g/mol. The van der Waals surface area contributed by atoms with Crippen molar-refractivity contribution in [3.8, 4) is 5.75 Å². The van der Waals surface area contributed by atoms with Crippen LogP contribution >= 0.6 is 23.2 Å². The number of carbonyl (C=O) groups is 1. The van der Waals surface area contributed by atoms with Crippen molar-refractivity contribution in [2.24, 2.45) is 0 Å². The van der Waals surface area contributed by atoms with Crippen molar-refractivity contribution in [3.05, 3.63) is 87.7 Å². The number of aliphatic hydroxyl groups is 2. The predicted molar refractivity (Wildman–Crippen MR) is 143 cm³/mol. The number of aromatic carboxylic acids is 1. The highest BCUT2D eigenvalue weighted by Gasteiger charge is 2.34. The largest absolute Gasteiger partial charge is 0.491 e. The molecule has 2 atom stereocenters. The van der Waals surface area contributed by atoms with Gasteiger partial charge in [0.1, 0.15) is 23.7 Å². The zero-order valence-electron chi connectivity index (χ0n) is 20.3. The zero-order chi connectivity index (χ0) is 26.6. The SMILES string of the molecule is C[C@@](O)(CN1CCN(c2ccc(OCCO)cc2Cl)[C@H](c2ccc(Cl)cc2)C1)c1ccc(C(=O)O)nc1. The Balaban J connectivity index is 1.57. The van der Waals surface area contributed by atoms with E-state index in [9.17, 15) is 9.90 Å². The maximum atomic E-state index is 11.3. The van der Waals surface area contributed by atoms with E-state index in [0.717, 1.165) is 11.3 Å². The molecule has 1 fully saturated rings. The number of carboxylic acids is 1. The van der Waals surface area contributed by atoms with Crippen LogP contribution in [0, 0.1) is 0 Å². The summed E-state index contributed by atoms with van der Waals surface area (Å²) in [7, 11) is 0. The van der Waals surface area contributed by atoms with Crippen LogP contribution in [0.5, 0.6) is 5.75 Å². The highest BCUT2D eigenvalue weighted by molar-refractivity contribution is 6.33. The quantitative estimate of drug-likeness (QED) is 0.366.